The third-order valence-electron chi connectivity index (χ3n) is 1.78. The molecule has 0 aliphatic heterocycles. The largest absolute Gasteiger partial charge is 0.466 e. The Morgan fingerprint density at radius 3 is 2.64 bits per heavy atom. The van der Waals surface area contributed by atoms with Crippen molar-refractivity contribution < 1.29 is 9.53 Å². The summed E-state index contributed by atoms with van der Waals surface area (Å²) in [6, 6.07) is 0. The van der Waals surface area contributed by atoms with Crippen molar-refractivity contribution >= 4 is 5.97 Å². The van der Waals surface area contributed by atoms with Crippen LogP contribution in [-0.2, 0) is 9.53 Å². The average molecular weight is 196 g/mol. The van der Waals surface area contributed by atoms with Crippen LogP contribution in [0.5, 0.6) is 0 Å². The van der Waals surface area contributed by atoms with Crippen LogP contribution in [0, 0.1) is 5.41 Å². The molecule has 0 heterocycles. The zero-order chi connectivity index (χ0) is 11.0. The van der Waals surface area contributed by atoms with Gasteiger partial charge in [0.1, 0.15) is 0 Å². The normalized spacial score (nSPS) is 11.6. The molecule has 0 aliphatic rings. The molecule has 0 atom stereocenters. The van der Waals surface area contributed by atoms with E-state index in [0.29, 0.717) is 13.0 Å². The molecule has 0 aromatic rings. The topological polar surface area (TPSA) is 26.3 Å². The van der Waals surface area contributed by atoms with E-state index in [4.69, 9.17) is 4.74 Å². The molecule has 0 aromatic carbocycles. The van der Waals surface area contributed by atoms with Crippen LogP contribution < -0.4 is 0 Å². The number of carbonyl (C=O) groups excluding carboxylic acids is 1. The van der Waals surface area contributed by atoms with E-state index in [1.807, 2.05) is 39.0 Å². The van der Waals surface area contributed by atoms with Crippen LogP contribution in [0.15, 0.2) is 24.8 Å². The van der Waals surface area contributed by atoms with Gasteiger partial charge in [0, 0.05) is 0 Å². The van der Waals surface area contributed by atoms with E-state index in [-0.39, 0.29) is 11.4 Å². The first-order valence-electron chi connectivity index (χ1n) is 4.96. The first kappa shape index (κ1) is 12.9. The average Bonchev–Trinajstić information content (AvgIpc) is 2.03. The Morgan fingerprint density at radius 2 is 2.14 bits per heavy atom. The molecule has 0 radical (unpaired) electrons. The molecule has 0 spiro atoms. The zero-order valence-electron chi connectivity index (χ0n) is 9.38. The zero-order valence-corrected chi connectivity index (χ0v) is 9.38. The van der Waals surface area contributed by atoms with Crippen molar-refractivity contribution in [2.75, 3.05) is 6.61 Å². The van der Waals surface area contributed by atoms with Gasteiger partial charge in [-0.05, 0) is 18.8 Å². The summed E-state index contributed by atoms with van der Waals surface area (Å²) in [5.41, 5.74) is -0.130. The summed E-state index contributed by atoms with van der Waals surface area (Å²) < 4.78 is 4.89. The van der Waals surface area contributed by atoms with Gasteiger partial charge in [0.25, 0.3) is 0 Å². The van der Waals surface area contributed by atoms with Gasteiger partial charge in [-0.25, -0.2) is 0 Å². The van der Waals surface area contributed by atoms with Crippen molar-refractivity contribution in [3.05, 3.63) is 24.8 Å². The van der Waals surface area contributed by atoms with Gasteiger partial charge < -0.3 is 4.74 Å². The van der Waals surface area contributed by atoms with Crippen LogP contribution in [-0.4, -0.2) is 12.6 Å². The molecule has 2 heteroatoms. The van der Waals surface area contributed by atoms with Gasteiger partial charge in [-0.15, -0.1) is 6.58 Å². The van der Waals surface area contributed by atoms with Gasteiger partial charge in [-0.2, -0.15) is 0 Å². The maximum atomic E-state index is 11.2. The molecular weight excluding hydrogens is 176 g/mol. The number of allylic oxidation sites excluding steroid dienone is 3. The molecule has 0 rings (SSSR count). The summed E-state index contributed by atoms with van der Waals surface area (Å²) in [6.45, 7) is 9.93. The molecule has 0 amide bonds. The fourth-order valence-corrected chi connectivity index (χ4v) is 1.13. The number of hydrogen-bond donors (Lipinski definition) is 0. The lowest BCUT2D eigenvalue weighted by atomic mass is 9.89. The lowest BCUT2D eigenvalue weighted by Gasteiger charge is -2.18. The second-order valence-electron chi connectivity index (χ2n) is 3.90. The molecule has 0 N–H and O–H groups in total. The van der Waals surface area contributed by atoms with Crippen molar-refractivity contribution in [3.63, 3.8) is 0 Å². The maximum absolute atomic E-state index is 11.2. The number of rotatable bonds is 6. The predicted octanol–water partition coefficient (Wildman–Crippen LogP) is 3.10. The fraction of sp³-hybridized carbons (Fsp3) is 0.583. The van der Waals surface area contributed by atoms with Gasteiger partial charge >= 0.3 is 5.97 Å². The molecule has 0 aliphatic carbocycles. The second kappa shape index (κ2) is 6.41. The van der Waals surface area contributed by atoms with E-state index in [2.05, 4.69) is 6.58 Å². The summed E-state index contributed by atoms with van der Waals surface area (Å²) in [5.74, 6) is -0.138. The summed E-state index contributed by atoms with van der Waals surface area (Å²) in [7, 11) is 0. The van der Waals surface area contributed by atoms with Crippen LogP contribution in [0.1, 0.15) is 33.6 Å². The van der Waals surface area contributed by atoms with Crippen molar-refractivity contribution in [2.45, 2.75) is 33.6 Å². The number of esters is 1. The Labute approximate surface area is 86.6 Å². The van der Waals surface area contributed by atoms with Crippen LogP contribution in [0.4, 0.5) is 0 Å². The van der Waals surface area contributed by atoms with E-state index in [1.165, 1.54) is 0 Å². The van der Waals surface area contributed by atoms with E-state index >= 15 is 0 Å². The van der Waals surface area contributed by atoms with Crippen molar-refractivity contribution in [1.82, 2.24) is 0 Å². The van der Waals surface area contributed by atoms with Crippen molar-refractivity contribution in [2.24, 2.45) is 5.41 Å². The number of hydrogen-bond acceptors (Lipinski definition) is 2. The SMILES string of the molecule is C=CCC=CC(C)(C)CC(=O)OCC. The molecule has 0 aromatic heterocycles. The quantitative estimate of drug-likeness (QED) is 0.482. The number of carbonyl (C=O) groups is 1. The van der Waals surface area contributed by atoms with Crippen LogP contribution in [0.25, 0.3) is 0 Å². The Balaban J connectivity index is 4.05. The third-order valence-corrected chi connectivity index (χ3v) is 1.78. The fourth-order valence-electron chi connectivity index (χ4n) is 1.13. The smallest absolute Gasteiger partial charge is 0.306 e. The number of ether oxygens (including phenoxy) is 1. The summed E-state index contributed by atoms with van der Waals surface area (Å²) in [6.07, 6.45) is 7.15. The monoisotopic (exact) mass is 196 g/mol. The van der Waals surface area contributed by atoms with E-state index in [9.17, 15) is 4.79 Å². The van der Waals surface area contributed by atoms with Crippen LogP contribution >= 0.6 is 0 Å². The Kier molecular flexibility index (Phi) is 5.93. The molecule has 80 valence electrons. The highest BCUT2D eigenvalue weighted by atomic mass is 16.5. The molecule has 0 fully saturated rings. The summed E-state index contributed by atoms with van der Waals surface area (Å²) >= 11 is 0. The van der Waals surface area contributed by atoms with Crippen LogP contribution in [0.2, 0.25) is 0 Å². The van der Waals surface area contributed by atoms with Crippen molar-refractivity contribution in [3.8, 4) is 0 Å². The molecule has 0 bridgehead atoms. The lowest BCUT2D eigenvalue weighted by Crippen LogP contribution is -2.16. The maximum Gasteiger partial charge on any atom is 0.306 e. The third kappa shape index (κ3) is 6.46. The first-order valence-corrected chi connectivity index (χ1v) is 4.96. The predicted molar refractivity (Wildman–Crippen MR) is 59.0 cm³/mol. The molecule has 2 nitrogen and oxygen atoms in total. The summed E-state index contributed by atoms with van der Waals surface area (Å²) in [4.78, 5) is 11.2. The van der Waals surface area contributed by atoms with E-state index in [0.717, 1.165) is 6.42 Å². The minimum atomic E-state index is -0.138. The molecule has 0 saturated carbocycles. The van der Waals surface area contributed by atoms with Gasteiger partial charge in [-0.3, -0.25) is 4.79 Å². The highest BCUT2D eigenvalue weighted by Gasteiger charge is 2.19. The van der Waals surface area contributed by atoms with Gasteiger partial charge in [0.05, 0.1) is 13.0 Å². The van der Waals surface area contributed by atoms with E-state index in [1.54, 1.807) is 0 Å². The Bertz CT molecular complexity index is 214. The standard InChI is InChI=1S/C12H20O2/c1-5-7-8-9-12(3,4)10-11(13)14-6-2/h5,8-9H,1,6-7,10H2,2-4H3. The summed E-state index contributed by atoms with van der Waals surface area (Å²) in [5, 5.41) is 0. The Morgan fingerprint density at radius 1 is 1.50 bits per heavy atom. The second-order valence-corrected chi connectivity index (χ2v) is 3.90. The molecule has 0 unspecified atom stereocenters. The lowest BCUT2D eigenvalue weighted by molar-refractivity contribution is -0.144. The van der Waals surface area contributed by atoms with Gasteiger partial charge in [0.15, 0.2) is 0 Å². The Hall–Kier alpha value is -1.05. The molecule has 14 heavy (non-hydrogen) atoms. The van der Waals surface area contributed by atoms with Crippen molar-refractivity contribution in [1.29, 1.82) is 0 Å². The first-order chi connectivity index (χ1) is 6.52. The molecular formula is C12H20O2. The minimum Gasteiger partial charge on any atom is -0.466 e. The highest BCUT2D eigenvalue weighted by Crippen LogP contribution is 2.22. The van der Waals surface area contributed by atoms with Gasteiger partial charge in [-0.1, -0.05) is 32.1 Å². The molecule has 0 saturated heterocycles. The van der Waals surface area contributed by atoms with Gasteiger partial charge in [0.2, 0.25) is 0 Å². The van der Waals surface area contributed by atoms with E-state index < -0.39 is 0 Å². The minimum absolute atomic E-state index is 0.130. The highest BCUT2D eigenvalue weighted by molar-refractivity contribution is 5.70. The van der Waals surface area contributed by atoms with Crippen LogP contribution in [0.3, 0.4) is 0 Å².